The number of nitrogens with one attached hydrogen (secondary N) is 1. The lowest BCUT2D eigenvalue weighted by Crippen LogP contribution is -2.27. The number of pyridine rings is 1. The molecule has 10 heteroatoms. The highest BCUT2D eigenvalue weighted by atomic mass is 32.2. The summed E-state index contributed by atoms with van der Waals surface area (Å²) in [5.74, 6) is 1.50. The molecule has 1 aromatic carbocycles. The molecule has 2 aliphatic rings. The molecule has 8 nitrogen and oxygen atoms in total. The van der Waals surface area contributed by atoms with Crippen molar-refractivity contribution in [3.63, 3.8) is 0 Å². The van der Waals surface area contributed by atoms with Crippen LogP contribution in [0, 0.1) is 0 Å². The lowest BCUT2D eigenvalue weighted by molar-refractivity contribution is -0.122. The van der Waals surface area contributed by atoms with Crippen LogP contribution in [0.4, 0.5) is 5.82 Å². The Balaban J connectivity index is 1.49. The number of carbonyl (C=O) groups is 1. The molecular weight excluding hydrogens is 460 g/mol. The highest BCUT2D eigenvalue weighted by molar-refractivity contribution is 8.26. The zero-order valence-corrected chi connectivity index (χ0v) is 19.5. The molecule has 1 fully saturated rings. The second-order valence-corrected chi connectivity index (χ2v) is 9.54. The Morgan fingerprint density at radius 3 is 2.85 bits per heavy atom. The largest absolute Gasteiger partial charge is 0.454 e. The van der Waals surface area contributed by atoms with Gasteiger partial charge in [-0.1, -0.05) is 36.1 Å². The van der Waals surface area contributed by atoms with Crippen molar-refractivity contribution in [1.29, 1.82) is 0 Å². The summed E-state index contributed by atoms with van der Waals surface area (Å²) in [6.07, 6.45) is 3.24. The summed E-state index contributed by atoms with van der Waals surface area (Å²) in [6.45, 7) is 4.40. The molecule has 0 aliphatic carbocycles. The molecular formula is C23H20N4O4S2. The highest BCUT2D eigenvalue weighted by Crippen LogP contribution is 2.36. The summed E-state index contributed by atoms with van der Waals surface area (Å²) in [4.78, 5) is 32.9. The zero-order valence-electron chi connectivity index (χ0n) is 17.9. The van der Waals surface area contributed by atoms with Gasteiger partial charge >= 0.3 is 0 Å². The van der Waals surface area contributed by atoms with E-state index in [1.807, 2.05) is 38.1 Å². The standard InChI is InChI=1S/C23H20N4O4S2/c1-13(2)24-20-15(21(28)26-8-4-3-5-19(26)25-20)10-18-22(29)27(23(32)33-18)11-14-6-7-16-17(9-14)31-12-30-16/h3-10,13,24H,11-12H2,1-2H3/b18-10-. The predicted molar refractivity (Wildman–Crippen MR) is 132 cm³/mol. The van der Waals surface area contributed by atoms with Crippen molar-refractivity contribution in [2.75, 3.05) is 12.1 Å². The SMILES string of the molecule is CC(C)Nc1nc2ccccn2c(=O)c1/C=C1\SC(=S)N(Cc2ccc3c(c2)OCO3)C1=O. The first-order chi connectivity index (χ1) is 15.9. The summed E-state index contributed by atoms with van der Waals surface area (Å²) in [5, 5.41) is 3.22. The Morgan fingerprint density at radius 2 is 2.03 bits per heavy atom. The van der Waals surface area contributed by atoms with Gasteiger partial charge in [-0.15, -0.1) is 0 Å². The molecule has 0 bridgehead atoms. The van der Waals surface area contributed by atoms with Crippen LogP contribution in [0.25, 0.3) is 11.7 Å². The average molecular weight is 481 g/mol. The number of hydrogen-bond acceptors (Lipinski definition) is 8. The van der Waals surface area contributed by atoms with Gasteiger partial charge < -0.3 is 14.8 Å². The number of anilines is 1. The van der Waals surface area contributed by atoms with Gasteiger partial charge in [0.1, 0.15) is 15.8 Å². The van der Waals surface area contributed by atoms with Crippen LogP contribution in [-0.2, 0) is 11.3 Å². The van der Waals surface area contributed by atoms with Crippen LogP contribution < -0.4 is 20.3 Å². The van der Waals surface area contributed by atoms with Gasteiger partial charge in [-0.05, 0) is 49.8 Å². The smallest absolute Gasteiger partial charge is 0.267 e. The third-order valence-electron chi connectivity index (χ3n) is 5.12. The van der Waals surface area contributed by atoms with Gasteiger partial charge in [-0.2, -0.15) is 0 Å². The minimum Gasteiger partial charge on any atom is -0.454 e. The molecule has 4 heterocycles. The first-order valence-electron chi connectivity index (χ1n) is 10.3. The molecule has 1 N–H and O–H groups in total. The average Bonchev–Trinajstić information content (AvgIpc) is 3.35. The van der Waals surface area contributed by atoms with Crippen LogP contribution >= 0.6 is 24.0 Å². The summed E-state index contributed by atoms with van der Waals surface area (Å²) in [6, 6.07) is 10.9. The molecule has 3 aromatic rings. The van der Waals surface area contributed by atoms with E-state index >= 15 is 0 Å². The van der Waals surface area contributed by atoms with E-state index in [1.165, 1.54) is 21.1 Å². The Kier molecular flexibility index (Phi) is 5.55. The number of nitrogens with zero attached hydrogens (tertiary/aromatic N) is 3. The minimum absolute atomic E-state index is 0.0516. The number of fused-ring (bicyclic) bond motifs is 2. The Morgan fingerprint density at radius 1 is 1.21 bits per heavy atom. The fourth-order valence-corrected chi connectivity index (χ4v) is 4.84. The molecule has 1 amide bonds. The van der Waals surface area contributed by atoms with Crippen molar-refractivity contribution < 1.29 is 14.3 Å². The van der Waals surface area contributed by atoms with Crippen molar-refractivity contribution >= 4 is 51.7 Å². The van der Waals surface area contributed by atoms with E-state index in [1.54, 1.807) is 24.4 Å². The van der Waals surface area contributed by atoms with Crippen LogP contribution in [-0.4, -0.2) is 37.3 Å². The molecule has 0 unspecified atom stereocenters. The quantitative estimate of drug-likeness (QED) is 0.438. The number of aromatic nitrogens is 2. The second-order valence-electron chi connectivity index (χ2n) is 7.86. The van der Waals surface area contributed by atoms with Gasteiger partial charge in [-0.3, -0.25) is 18.9 Å². The van der Waals surface area contributed by atoms with Crippen molar-refractivity contribution in [1.82, 2.24) is 14.3 Å². The molecule has 1 saturated heterocycles. The third-order valence-corrected chi connectivity index (χ3v) is 6.50. The molecule has 0 spiro atoms. The van der Waals surface area contributed by atoms with E-state index in [9.17, 15) is 9.59 Å². The van der Waals surface area contributed by atoms with Crippen molar-refractivity contribution in [2.45, 2.75) is 26.4 Å². The van der Waals surface area contributed by atoms with Gasteiger partial charge in [-0.25, -0.2) is 4.98 Å². The molecule has 2 aromatic heterocycles. The first kappa shape index (κ1) is 21.5. The lowest BCUT2D eigenvalue weighted by Gasteiger charge is -2.15. The van der Waals surface area contributed by atoms with Crippen LogP contribution in [0.2, 0.25) is 0 Å². The van der Waals surface area contributed by atoms with E-state index in [0.717, 1.165) is 5.56 Å². The van der Waals surface area contributed by atoms with E-state index < -0.39 is 0 Å². The van der Waals surface area contributed by atoms with Gasteiger partial charge in [0.15, 0.2) is 11.5 Å². The molecule has 0 atom stereocenters. The summed E-state index contributed by atoms with van der Waals surface area (Å²) in [5.41, 5.74) is 1.45. The fourth-order valence-electron chi connectivity index (χ4n) is 3.61. The maximum atomic E-state index is 13.2. The van der Waals surface area contributed by atoms with Crippen LogP contribution in [0.1, 0.15) is 25.0 Å². The van der Waals surface area contributed by atoms with Gasteiger partial charge in [0.25, 0.3) is 11.5 Å². The van der Waals surface area contributed by atoms with E-state index in [4.69, 9.17) is 21.7 Å². The highest BCUT2D eigenvalue weighted by Gasteiger charge is 2.33. The number of benzene rings is 1. The first-order valence-corrected chi connectivity index (χ1v) is 11.5. The van der Waals surface area contributed by atoms with Crippen LogP contribution in [0.15, 0.2) is 52.3 Å². The number of ether oxygens (including phenoxy) is 2. The van der Waals surface area contributed by atoms with E-state index in [0.29, 0.717) is 44.3 Å². The minimum atomic E-state index is -0.259. The number of thiocarbonyl (C=S) groups is 1. The maximum absolute atomic E-state index is 13.2. The van der Waals surface area contributed by atoms with E-state index in [2.05, 4.69) is 10.3 Å². The van der Waals surface area contributed by atoms with Crippen LogP contribution in [0.5, 0.6) is 11.5 Å². The molecule has 5 rings (SSSR count). The Hall–Kier alpha value is -3.37. The number of carbonyl (C=O) groups excluding carboxylic acids is 1. The topological polar surface area (TPSA) is 85.2 Å². The Labute approximate surface area is 199 Å². The fraction of sp³-hybridized carbons (Fsp3) is 0.217. The van der Waals surface area contributed by atoms with Crippen LogP contribution in [0.3, 0.4) is 0 Å². The molecule has 0 radical (unpaired) electrons. The van der Waals surface area contributed by atoms with Crippen molar-refractivity contribution in [3.8, 4) is 11.5 Å². The number of thioether (sulfide) groups is 1. The number of amides is 1. The third kappa shape index (κ3) is 4.07. The zero-order chi connectivity index (χ0) is 23.1. The predicted octanol–water partition coefficient (Wildman–Crippen LogP) is 3.64. The van der Waals surface area contributed by atoms with Gasteiger partial charge in [0.2, 0.25) is 6.79 Å². The Bertz CT molecular complexity index is 1380. The van der Waals surface area contributed by atoms with Crippen molar-refractivity contribution in [3.05, 3.63) is 69.0 Å². The van der Waals surface area contributed by atoms with Gasteiger partial charge in [0.05, 0.1) is 17.0 Å². The van der Waals surface area contributed by atoms with E-state index in [-0.39, 0.29) is 24.3 Å². The second kappa shape index (κ2) is 8.53. The molecule has 0 saturated carbocycles. The molecule has 33 heavy (non-hydrogen) atoms. The molecule has 2 aliphatic heterocycles. The summed E-state index contributed by atoms with van der Waals surface area (Å²) >= 11 is 6.65. The normalized spacial score (nSPS) is 16.5. The number of rotatable bonds is 5. The summed E-state index contributed by atoms with van der Waals surface area (Å²) in [7, 11) is 0. The van der Waals surface area contributed by atoms with Crippen molar-refractivity contribution in [2.24, 2.45) is 0 Å². The monoisotopic (exact) mass is 480 g/mol. The van der Waals surface area contributed by atoms with Gasteiger partial charge in [0, 0.05) is 12.2 Å². The lowest BCUT2D eigenvalue weighted by atomic mass is 10.2. The molecule has 168 valence electrons. The summed E-state index contributed by atoms with van der Waals surface area (Å²) < 4.78 is 12.7. The number of hydrogen-bond donors (Lipinski definition) is 1. The maximum Gasteiger partial charge on any atom is 0.267 e.